The average Bonchev–Trinajstić information content (AvgIpc) is 2.44. The van der Waals surface area contributed by atoms with E-state index in [2.05, 4.69) is 11.9 Å². The van der Waals surface area contributed by atoms with Crippen LogP contribution >= 0.6 is 12.2 Å². The third kappa shape index (κ3) is 4.79. The number of hydrogen-bond acceptors (Lipinski definition) is 3. The molecule has 0 amide bonds. The highest BCUT2D eigenvalue weighted by molar-refractivity contribution is 7.89. The van der Waals surface area contributed by atoms with E-state index < -0.39 is 10.0 Å². The molecule has 0 aromatic heterocycles. The van der Waals surface area contributed by atoms with Gasteiger partial charge in [0, 0.05) is 32.9 Å². The molecule has 0 aliphatic heterocycles. The van der Waals surface area contributed by atoms with E-state index in [0.717, 1.165) is 12.1 Å². The fourth-order valence-electron chi connectivity index (χ4n) is 1.80. The third-order valence-electron chi connectivity index (χ3n) is 2.99. The van der Waals surface area contributed by atoms with Crippen molar-refractivity contribution < 1.29 is 8.42 Å². The molecule has 0 fully saturated rings. The number of nitrogens with one attached hydrogen (secondary N) is 1. The molecular formula is C15H23N3O2S2. The lowest BCUT2D eigenvalue weighted by molar-refractivity contribution is 0.485. The fourth-order valence-corrected chi connectivity index (χ4v) is 3.06. The van der Waals surface area contributed by atoms with Crippen LogP contribution < -0.4 is 5.32 Å². The van der Waals surface area contributed by atoms with Crippen molar-refractivity contribution in [3.8, 4) is 0 Å². The number of rotatable bonds is 6. The van der Waals surface area contributed by atoms with E-state index in [4.69, 9.17) is 12.2 Å². The molecule has 0 saturated heterocycles. The van der Waals surface area contributed by atoms with Crippen molar-refractivity contribution in [1.29, 1.82) is 0 Å². The van der Waals surface area contributed by atoms with Crippen LogP contribution in [0.3, 0.4) is 0 Å². The maximum atomic E-state index is 12.1. The zero-order valence-electron chi connectivity index (χ0n) is 13.5. The van der Waals surface area contributed by atoms with Crippen molar-refractivity contribution in [2.24, 2.45) is 0 Å². The number of hydrogen-bond donors (Lipinski definition) is 1. The minimum atomic E-state index is -3.46. The van der Waals surface area contributed by atoms with Crippen molar-refractivity contribution in [1.82, 2.24) is 9.21 Å². The highest BCUT2D eigenvalue weighted by Gasteiger charge is 2.17. The monoisotopic (exact) mass is 341 g/mol. The summed E-state index contributed by atoms with van der Waals surface area (Å²) in [5, 5.41) is 3.63. The molecule has 0 radical (unpaired) electrons. The van der Waals surface area contributed by atoms with Crippen LogP contribution in [0.5, 0.6) is 0 Å². The molecule has 0 saturated carbocycles. The van der Waals surface area contributed by atoms with E-state index in [1.807, 2.05) is 18.7 Å². The molecule has 0 atom stereocenters. The second-order valence-corrected chi connectivity index (χ2v) is 7.76. The van der Waals surface area contributed by atoms with Gasteiger partial charge in [0.25, 0.3) is 0 Å². The Balaban J connectivity index is 2.96. The quantitative estimate of drug-likeness (QED) is 0.636. The van der Waals surface area contributed by atoms with Gasteiger partial charge in [-0.05, 0) is 44.3 Å². The Labute approximate surface area is 138 Å². The topological polar surface area (TPSA) is 52.7 Å². The van der Waals surface area contributed by atoms with Crippen LogP contribution in [0.4, 0.5) is 5.69 Å². The van der Waals surface area contributed by atoms with Gasteiger partial charge in [-0.15, -0.1) is 0 Å². The van der Waals surface area contributed by atoms with Gasteiger partial charge in [0.1, 0.15) is 0 Å². The fraction of sp³-hybridized carbons (Fsp3) is 0.400. The SMILES string of the molecule is C=C(C)CN(CC)C(=S)Nc1cccc(S(=O)(=O)N(C)C)c1. The summed E-state index contributed by atoms with van der Waals surface area (Å²) in [4.78, 5) is 2.19. The lowest BCUT2D eigenvalue weighted by Gasteiger charge is -2.24. The second kappa shape index (κ2) is 7.71. The molecule has 0 heterocycles. The zero-order valence-corrected chi connectivity index (χ0v) is 15.1. The first-order chi connectivity index (χ1) is 10.2. The Hall–Kier alpha value is -1.44. The van der Waals surface area contributed by atoms with Crippen LogP contribution in [-0.4, -0.2) is 49.9 Å². The van der Waals surface area contributed by atoms with E-state index in [9.17, 15) is 8.42 Å². The standard InChI is InChI=1S/C15H23N3O2S2/c1-6-18(11-12(2)3)15(21)16-13-8-7-9-14(10-13)22(19,20)17(4)5/h7-10H,2,6,11H2,1,3-5H3,(H,16,21). The van der Waals surface area contributed by atoms with Gasteiger partial charge < -0.3 is 10.2 Å². The van der Waals surface area contributed by atoms with E-state index in [1.54, 1.807) is 24.3 Å². The molecule has 1 rings (SSSR count). The molecule has 5 nitrogen and oxygen atoms in total. The Morgan fingerprint density at radius 2 is 2.00 bits per heavy atom. The molecule has 122 valence electrons. The van der Waals surface area contributed by atoms with Gasteiger partial charge >= 0.3 is 0 Å². The number of likely N-dealkylation sites (N-methyl/N-ethyl adjacent to an activating group) is 1. The maximum absolute atomic E-state index is 12.1. The first-order valence-electron chi connectivity index (χ1n) is 6.91. The number of nitrogens with zero attached hydrogens (tertiary/aromatic N) is 2. The van der Waals surface area contributed by atoms with Gasteiger partial charge in [0.15, 0.2) is 5.11 Å². The Kier molecular flexibility index (Phi) is 6.52. The van der Waals surface area contributed by atoms with Crippen LogP contribution in [0.1, 0.15) is 13.8 Å². The van der Waals surface area contributed by atoms with Crippen molar-refractivity contribution in [3.05, 3.63) is 36.4 Å². The molecule has 0 unspecified atom stereocenters. The summed E-state index contributed by atoms with van der Waals surface area (Å²) in [6.07, 6.45) is 0. The number of sulfonamides is 1. The predicted molar refractivity (Wildman–Crippen MR) is 95.6 cm³/mol. The van der Waals surface area contributed by atoms with Crippen molar-refractivity contribution in [2.75, 3.05) is 32.5 Å². The third-order valence-corrected chi connectivity index (χ3v) is 5.16. The highest BCUT2D eigenvalue weighted by atomic mass is 32.2. The van der Waals surface area contributed by atoms with Crippen LogP contribution in [0, 0.1) is 0 Å². The maximum Gasteiger partial charge on any atom is 0.242 e. The molecule has 7 heteroatoms. The predicted octanol–water partition coefficient (Wildman–Crippen LogP) is 2.53. The molecule has 1 N–H and O–H groups in total. The Morgan fingerprint density at radius 3 is 2.50 bits per heavy atom. The van der Waals surface area contributed by atoms with Crippen LogP contribution in [0.15, 0.2) is 41.3 Å². The highest BCUT2D eigenvalue weighted by Crippen LogP contribution is 2.18. The lowest BCUT2D eigenvalue weighted by Crippen LogP contribution is -2.35. The van der Waals surface area contributed by atoms with Gasteiger partial charge in [0.05, 0.1) is 4.90 Å². The summed E-state index contributed by atoms with van der Waals surface area (Å²) in [6.45, 7) is 9.24. The average molecular weight is 342 g/mol. The summed E-state index contributed by atoms with van der Waals surface area (Å²) >= 11 is 5.38. The lowest BCUT2D eigenvalue weighted by atomic mass is 10.3. The molecule has 1 aromatic carbocycles. The minimum Gasteiger partial charge on any atom is -0.345 e. The molecule has 22 heavy (non-hydrogen) atoms. The summed E-state index contributed by atoms with van der Waals surface area (Å²) < 4.78 is 25.5. The van der Waals surface area contributed by atoms with Crippen LogP contribution in [-0.2, 0) is 10.0 Å². The van der Waals surface area contributed by atoms with Crippen molar-refractivity contribution in [3.63, 3.8) is 0 Å². The van der Waals surface area contributed by atoms with E-state index >= 15 is 0 Å². The number of anilines is 1. The summed E-state index contributed by atoms with van der Waals surface area (Å²) in [5.74, 6) is 0. The Morgan fingerprint density at radius 1 is 1.36 bits per heavy atom. The number of benzene rings is 1. The zero-order chi connectivity index (χ0) is 16.9. The molecule has 0 spiro atoms. The molecular weight excluding hydrogens is 318 g/mol. The van der Waals surface area contributed by atoms with Gasteiger partial charge in [0.2, 0.25) is 10.0 Å². The summed E-state index contributed by atoms with van der Waals surface area (Å²) in [6, 6.07) is 6.62. The second-order valence-electron chi connectivity index (χ2n) is 5.22. The van der Waals surface area contributed by atoms with Gasteiger partial charge in [-0.2, -0.15) is 0 Å². The van der Waals surface area contributed by atoms with Gasteiger partial charge in [-0.25, -0.2) is 12.7 Å². The largest absolute Gasteiger partial charge is 0.345 e. The minimum absolute atomic E-state index is 0.230. The summed E-state index contributed by atoms with van der Waals surface area (Å²) in [5.41, 5.74) is 1.66. The Bertz CT molecular complexity index is 655. The normalized spacial score (nSPS) is 11.3. The smallest absolute Gasteiger partial charge is 0.242 e. The molecule has 0 aliphatic rings. The van der Waals surface area contributed by atoms with E-state index in [-0.39, 0.29) is 4.90 Å². The molecule has 1 aromatic rings. The molecule has 0 bridgehead atoms. The van der Waals surface area contributed by atoms with E-state index in [0.29, 0.717) is 17.3 Å². The van der Waals surface area contributed by atoms with E-state index in [1.165, 1.54) is 18.4 Å². The first-order valence-corrected chi connectivity index (χ1v) is 8.76. The number of thiocarbonyl (C=S) groups is 1. The van der Waals surface area contributed by atoms with Crippen LogP contribution in [0.25, 0.3) is 0 Å². The van der Waals surface area contributed by atoms with Crippen molar-refractivity contribution >= 4 is 33.0 Å². The van der Waals surface area contributed by atoms with Crippen molar-refractivity contribution in [2.45, 2.75) is 18.7 Å². The first kappa shape index (κ1) is 18.6. The molecule has 0 aliphatic carbocycles. The summed E-state index contributed by atoms with van der Waals surface area (Å²) in [7, 11) is -0.446. The van der Waals surface area contributed by atoms with Gasteiger partial charge in [-0.3, -0.25) is 0 Å². The van der Waals surface area contributed by atoms with Gasteiger partial charge in [-0.1, -0.05) is 18.2 Å². The van der Waals surface area contributed by atoms with Crippen LogP contribution in [0.2, 0.25) is 0 Å².